The van der Waals surface area contributed by atoms with Gasteiger partial charge in [0.15, 0.2) is 11.0 Å². The van der Waals surface area contributed by atoms with Crippen molar-refractivity contribution in [3.05, 3.63) is 105 Å². The molecule has 0 radical (unpaired) electrons. The minimum Gasteiger partial charge on any atom is -0.345 e. The largest absolute Gasteiger partial charge is 0.416 e. The summed E-state index contributed by atoms with van der Waals surface area (Å²) in [5.41, 5.74) is 1.11. The standard InChI is InChI=1S/C29H25F3N6O4S/c1-18-22(11-5-13-23(18)38(41)42)27(40)33-16-25-34-35-28(37(25)21-10-4-9-20(15-21)29(30,31)32)43-17-26(39)36-14-6-8-19-7-2-3-12-24(19)36/h2-5,7,9-13,15H,6,8,14,16-17H2,1H3,(H,33,40). The molecule has 2 amide bonds. The fourth-order valence-corrected chi connectivity index (χ4v) is 5.75. The Morgan fingerprint density at radius 2 is 1.84 bits per heavy atom. The van der Waals surface area contributed by atoms with Crippen LogP contribution in [0.5, 0.6) is 0 Å². The Morgan fingerprint density at radius 1 is 1.07 bits per heavy atom. The highest BCUT2D eigenvalue weighted by Gasteiger charge is 2.31. The molecule has 0 bridgehead atoms. The van der Waals surface area contributed by atoms with Gasteiger partial charge >= 0.3 is 6.18 Å². The van der Waals surface area contributed by atoms with Gasteiger partial charge in [0.2, 0.25) is 5.91 Å². The number of hydrogen-bond acceptors (Lipinski definition) is 7. The van der Waals surface area contributed by atoms with Gasteiger partial charge in [-0.3, -0.25) is 24.3 Å². The van der Waals surface area contributed by atoms with Gasteiger partial charge in [-0.05, 0) is 55.7 Å². The predicted octanol–water partition coefficient (Wildman–Crippen LogP) is 5.50. The number of nitro groups is 1. The van der Waals surface area contributed by atoms with Gasteiger partial charge in [0, 0.05) is 29.4 Å². The summed E-state index contributed by atoms with van der Waals surface area (Å²) in [7, 11) is 0. The lowest BCUT2D eigenvalue weighted by atomic mass is 10.0. The van der Waals surface area contributed by atoms with E-state index < -0.39 is 22.6 Å². The highest BCUT2D eigenvalue weighted by molar-refractivity contribution is 7.99. The van der Waals surface area contributed by atoms with Gasteiger partial charge in [-0.2, -0.15) is 13.2 Å². The third kappa shape index (κ3) is 6.38. The molecule has 0 spiro atoms. The van der Waals surface area contributed by atoms with E-state index in [-0.39, 0.29) is 51.7 Å². The Balaban J connectivity index is 1.41. The molecule has 0 aliphatic carbocycles. The molecule has 0 atom stereocenters. The van der Waals surface area contributed by atoms with E-state index in [1.54, 1.807) is 4.90 Å². The van der Waals surface area contributed by atoms with E-state index in [0.717, 1.165) is 48.0 Å². The van der Waals surface area contributed by atoms with Crippen molar-refractivity contribution in [3.63, 3.8) is 0 Å². The Bertz CT molecular complexity index is 1710. The van der Waals surface area contributed by atoms with Gasteiger partial charge in [-0.25, -0.2) is 0 Å². The van der Waals surface area contributed by atoms with Crippen molar-refractivity contribution < 1.29 is 27.7 Å². The van der Waals surface area contributed by atoms with Crippen LogP contribution in [0.25, 0.3) is 5.69 Å². The number of halogens is 3. The molecule has 4 aromatic rings. The zero-order chi connectivity index (χ0) is 30.7. The maximum Gasteiger partial charge on any atom is 0.416 e. The third-order valence-corrected chi connectivity index (χ3v) is 7.94. The number of benzene rings is 3. The number of hydrogen-bond donors (Lipinski definition) is 1. The summed E-state index contributed by atoms with van der Waals surface area (Å²) in [4.78, 5) is 38.6. The van der Waals surface area contributed by atoms with Gasteiger partial charge in [0.25, 0.3) is 11.6 Å². The van der Waals surface area contributed by atoms with Gasteiger partial charge in [-0.15, -0.1) is 10.2 Å². The molecule has 0 unspecified atom stereocenters. The molecule has 0 fully saturated rings. The van der Waals surface area contributed by atoms with E-state index in [0.29, 0.717) is 6.54 Å². The van der Waals surface area contributed by atoms with Crippen molar-refractivity contribution in [1.29, 1.82) is 0 Å². The Labute approximate surface area is 248 Å². The van der Waals surface area contributed by atoms with Crippen molar-refractivity contribution in [2.45, 2.75) is 37.6 Å². The second-order valence-electron chi connectivity index (χ2n) is 9.74. The van der Waals surface area contributed by atoms with E-state index in [1.165, 1.54) is 41.8 Å². The Kier molecular flexibility index (Phi) is 8.48. The van der Waals surface area contributed by atoms with Gasteiger partial charge in [0.05, 0.1) is 28.5 Å². The first kappa shape index (κ1) is 29.8. The van der Waals surface area contributed by atoms with E-state index in [4.69, 9.17) is 0 Å². The zero-order valence-corrected chi connectivity index (χ0v) is 23.6. The van der Waals surface area contributed by atoms with Crippen LogP contribution in [0.15, 0.2) is 71.9 Å². The fraction of sp³-hybridized carbons (Fsp3) is 0.241. The molecule has 0 saturated carbocycles. The smallest absolute Gasteiger partial charge is 0.345 e. The monoisotopic (exact) mass is 610 g/mol. The molecule has 2 heterocycles. The van der Waals surface area contributed by atoms with Gasteiger partial charge in [-0.1, -0.05) is 42.1 Å². The average molecular weight is 611 g/mol. The summed E-state index contributed by atoms with van der Waals surface area (Å²) in [6.07, 6.45) is -2.94. The van der Waals surface area contributed by atoms with Crippen LogP contribution >= 0.6 is 11.8 Å². The van der Waals surface area contributed by atoms with Crippen LogP contribution in [0.1, 0.15) is 39.3 Å². The summed E-state index contributed by atoms with van der Waals surface area (Å²) in [6.45, 7) is 1.74. The number of rotatable bonds is 8. The molecule has 14 heteroatoms. The van der Waals surface area contributed by atoms with Crippen LogP contribution in [0.2, 0.25) is 0 Å². The topological polar surface area (TPSA) is 123 Å². The van der Waals surface area contributed by atoms with Crippen LogP contribution in [0.3, 0.4) is 0 Å². The second-order valence-corrected chi connectivity index (χ2v) is 10.7. The number of para-hydroxylation sites is 1. The Hall–Kier alpha value is -4.72. The quantitative estimate of drug-likeness (QED) is 0.159. The second kappa shape index (κ2) is 12.3. The van der Waals surface area contributed by atoms with Crippen molar-refractivity contribution in [1.82, 2.24) is 20.1 Å². The lowest BCUT2D eigenvalue weighted by Crippen LogP contribution is -2.36. The number of nitrogens with zero attached hydrogens (tertiary/aromatic N) is 5. The van der Waals surface area contributed by atoms with Gasteiger partial charge in [0.1, 0.15) is 0 Å². The molecule has 0 saturated heterocycles. The van der Waals surface area contributed by atoms with E-state index in [9.17, 15) is 32.9 Å². The van der Waals surface area contributed by atoms with E-state index >= 15 is 0 Å². The van der Waals surface area contributed by atoms with Crippen molar-refractivity contribution in [2.24, 2.45) is 0 Å². The zero-order valence-electron chi connectivity index (χ0n) is 22.8. The normalized spacial score (nSPS) is 13.0. The molecular formula is C29H25F3N6O4S. The molecule has 43 heavy (non-hydrogen) atoms. The fourth-order valence-electron chi connectivity index (χ4n) is 4.91. The summed E-state index contributed by atoms with van der Waals surface area (Å²) < 4.78 is 42.0. The number of aromatic nitrogens is 3. The average Bonchev–Trinajstić information content (AvgIpc) is 3.40. The maximum atomic E-state index is 13.6. The van der Waals surface area contributed by atoms with E-state index in [1.807, 2.05) is 24.3 Å². The molecular weight excluding hydrogens is 585 g/mol. The number of carbonyl (C=O) groups excluding carboxylic acids is 2. The van der Waals surface area contributed by atoms with Gasteiger partial charge < -0.3 is 10.2 Å². The SMILES string of the molecule is Cc1c(C(=O)NCc2nnc(SCC(=O)N3CCCc4ccccc43)n2-c2cccc(C(F)(F)F)c2)cccc1[N+](=O)[O-]. The number of anilines is 1. The van der Waals surface area contributed by atoms with Crippen molar-refractivity contribution in [3.8, 4) is 5.69 Å². The highest BCUT2D eigenvalue weighted by atomic mass is 32.2. The first-order valence-electron chi connectivity index (χ1n) is 13.2. The third-order valence-electron chi connectivity index (χ3n) is 7.02. The molecule has 10 nitrogen and oxygen atoms in total. The van der Waals surface area contributed by atoms with Crippen LogP contribution in [0, 0.1) is 17.0 Å². The number of carbonyl (C=O) groups is 2. The Morgan fingerprint density at radius 3 is 2.60 bits per heavy atom. The number of thioether (sulfide) groups is 1. The lowest BCUT2D eigenvalue weighted by Gasteiger charge is -2.29. The molecule has 3 aromatic carbocycles. The molecule has 1 aliphatic rings. The molecule has 5 rings (SSSR count). The maximum absolute atomic E-state index is 13.6. The summed E-state index contributed by atoms with van der Waals surface area (Å²) in [5.74, 6) is -0.765. The number of fused-ring (bicyclic) bond motifs is 1. The molecule has 1 aliphatic heterocycles. The van der Waals surface area contributed by atoms with Crippen LogP contribution in [-0.4, -0.2) is 43.8 Å². The minimum absolute atomic E-state index is 0.0509. The molecule has 1 aromatic heterocycles. The summed E-state index contributed by atoms with van der Waals surface area (Å²) >= 11 is 1.02. The first-order chi connectivity index (χ1) is 20.5. The predicted molar refractivity (Wildman–Crippen MR) is 153 cm³/mol. The number of nitrogens with one attached hydrogen (secondary N) is 1. The summed E-state index contributed by atoms with van der Waals surface area (Å²) in [6, 6.07) is 16.3. The van der Waals surface area contributed by atoms with E-state index in [2.05, 4.69) is 15.5 Å². The van der Waals surface area contributed by atoms with Crippen molar-refractivity contribution >= 4 is 35.0 Å². The number of alkyl halides is 3. The number of amides is 2. The molecule has 1 N–H and O–H groups in total. The van der Waals surface area contributed by atoms with Crippen LogP contribution in [-0.2, 0) is 23.9 Å². The molecule has 222 valence electrons. The summed E-state index contributed by atoms with van der Waals surface area (Å²) in [5, 5.41) is 22.3. The highest BCUT2D eigenvalue weighted by Crippen LogP contribution is 2.33. The lowest BCUT2D eigenvalue weighted by molar-refractivity contribution is -0.385. The van der Waals surface area contributed by atoms with Crippen LogP contribution < -0.4 is 10.2 Å². The van der Waals surface area contributed by atoms with Crippen LogP contribution in [0.4, 0.5) is 24.5 Å². The number of aryl methyl sites for hydroxylation is 1. The minimum atomic E-state index is -4.61. The first-order valence-corrected chi connectivity index (χ1v) is 14.2. The number of nitro benzene ring substituents is 1. The van der Waals surface area contributed by atoms with Crippen molar-refractivity contribution in [2.75, 3.05) is 17.2 Å².